The maximum absolute atomic E-state index is 6.27. The van der Waals surface area contributed by atoms with Crippen LogP contribution in [-0.4, -0.2) is 6.54 Å². The van der Waals surface area contributed by atoms with E-state index in [9.17, 15) is 0 Å². The lowest BCUT2D eigenvalue weighted by molar-refractivity contribution is 0.148. The quantitative estimate of drug-likeness (QED) is 0.736. The highest BCUT2D eigenvalue weighted by Crippen LogP contribution is 2.39. The van der Waals surface area contributed by atoms with Crippen LogP contribution in [0.25, 0.3) is 0 Å². The number of rotatable bonds is 4. The van der Waals surface area contributed by atoms with Crippen molar-refractivity contribution in [1.29, 1.82) is 0 Å². The van der Waals surface area contributed by atoms with Crippen LogP contribution in [-0.2, 0) is 0 Å². The first-order chi connectivity index (χ1) is 9.88. The van der Waals surface area contributed by atoms with E-state index < -0.39 is 0 Å². The van der Waals surface area contributed by atoms with Gasteiger partial charge in [-0.2, -0.15) is 0 Å². The van der Waals surface area contributed by atoms with Crippen LogP contribution in [0.5, 0.6) is 0 Å². The zero-order valence-electron chi connectivity index (χ0n) is 14.0. The van der Waals surface area contributed by atoms with Crippen molar-refractivity contribution in [3.63, 3.8) is 0 Å². The first-order valence-electron chi connectivity index (χ1n) is 8.35. The van der Waals surface area contributed by atoms with Crippen molar-refractivity contribution in [1.82, 2.24) is 5.32 Å². The summed E-state index contributed by atoms with van der Waals surface area (Å²) in [5, 5.41) is 4.55. The summed E-state index contributed by atoms with van der Waals surface area (Å²) >= 11 is 6.27. The lowest BCUT2D eigenvalue weighted by Gasteiger charge is -2.37. The number of hydrogen-bond donors (Lipinski definition) is 1. The molecule has 0 radical (unpaired) electrons. The van der Waals surface area contributed by atoms with Gasteiger partial charge in [-0.1, -0.05) is 50.6 Å². The third-order valence-corrected chi connectivity index (χ3v) is 5.50. The molecular formula is C19H30ClN. The van der Waals surface area contributed by atoms with Crippen LogP contribution in [0.2, 0.25) is 5.02 Å². The Kier molecular flexibility index (Phi) is 5.73. The van der Waals surface area contributed by atoms with E-state index in [4.69, 9.17) is 11.6 Å². The predicted molar refractivity (Wildman–Crippen MR) is 92.8 cm³/mol. The molecule has 1 N–H and O–H groups in total. The van der Waals surface area contributed by atoms with Gasteiger partial charge in [-0.25, -0.2) is 0 Å². The highest BCUT2D eigenvalue weighted by Gasteiger charge is 2.29. The van der Waals surface area contributed by atoms with Gasteiger partial charge in [0.2, 0.25) is 0 Å². The van der Waals surface area contributed by atoms with Gasteiger partial charge in [0.05, 0.1) is 0 Å². The van der Waals surface area contributed by atoms with E-state index in [1.807, 2.05) is 12.1 Å². The molecular weight excluding hydrogens is 278 g/mol. The molecule has 1 nitrogen and oxygen atoms in total. The zero-order valence-corrected chi connectivity index (χ0v) is 14.7. The minimum atomic E-state index is 0.332. The average Bonchev–Trinajstić information content (AvgIpc) is 2.45. The van der Waals surface area contributed by atoms with Gasteiger partial charge in [0, 0.05) is 11.1 Å². The van der Waals surface area contributed by atoms with Gasteiger partial charge in [0.1, 0.15) is 0 Å². The standard InChI is InChI=1S/C19H30ClN/c1-14(17-7-5-6-8-18(17)20)21-13-15-9-11-16(12-10-15)19(2,3)4/h5-8,14-16,21H,9-13H2,1-4H3/t14-,15?,16?/m0/s1. The monoisotopic (exact) mass is 307 g/mol. The lowest BCUT2D eigenvalue weighted by atomic mass is 9.70. The summed E-state index contributed by atoms with van der Waals surface area (Å²) in [6, 6.07) is 8.49. The molecule has 1 aliphatic rings. The van der Waals surface area contributed by atoms with E-state index in [0.29, 0.717) is 11.5 Å². The molecule has 0 spiro atoms. The van der Waals surface area contributed by atoms with E-state index in [1.165, 1.54) is 31.2 Å². The molecule has 0 aliphatic heterocycles. The number of nitrogens with one attached hydrogen (secondary N) is 1. The molecule has 2 heteroatoms. The van der Waals surface area contributed by atoms with Gasteiger partial charge >= 0.3 is 0 Å². The Balaban J connectivity index is 1.79. The zero-order chi connectivity index (χ0) is 15.5. The van der Waals surface area contributed by atoms with Gasteiger partial charge in [0.15, 0.2) is 0 Å². The van der Waals surface area contributed by atoms with E-state index in [-0.39, 0.29) is 0 Å². The summed E-state index contributed by atoms with van der Waals surface area (Å²) in [5.41, 5.74) is 1.69. The summed E-state index contributed by atoms with van der Waals surface area (Å²) in [4.78, 5) is 0. The Morgan fingerprint density at radius 1 is 1.14 bits per heavy atom. The van der Waals surface area contributed by atoms with Gasteiger partial charge < -0.3 is 5.32 Å². The molecule has 0 saturated heterocycles. The van der Waals surface area contributed by atoms with Crippen molar-refractivity contribution < 1.29 is 0 Å². The molecule has 1 aromatic carbocycles. The molecule has 1 aliphatic carbocycles. The smallest absolute Gasteiger partial charge is 0.0453 e. The molecule has 118 valence electrons. The number of hydrogen-bond acceptors (Lipinski definition) is 1. The van der Waals surface area contributed by atoms with Crippen molar-refractivity contribution in [3.05, 3.63) is 34.9 Å². The van der Waals surface area contributed by atoms with Crippen molar-refractivity contribution in [2.24, 2.45) is 17.3 Å². The summed E-state index contributed by atoms with van der Waals surface area (Å²) < 4.78 is 0. The average molecular weight is 308 g/mol. The van der Waals surface area contributed by atoms with Crippen LogP contribution in [0.4, 0.5) is 0 Å². The number of halogens is 1. The van der Waals surface area contributed by atoms with Crippen LogP contribution in [0.15, 0.2) is 24.3 Å². The highest BCUT2D eigenvalue weighted by atomic mass is 35.5. The van der Waals surface area contributed by atoms with E-state index in [2.05, 4.69) is 45.1 Å². The first kappa shape index (κ1) is 16.8. The molecule has 0 unspecified atom stereocenters. The van der Waals surface area contributed by atoms with Gasteiger partial charge in [0.25, 0.3) is 0 Å². The fourth-order valence-corrected chi connectivity index (χ4v) is 3.81. The third kappa shape index (κ3) is 4.72. The Morgan fingerprint density at radius 2 is 1.76 bits per heavy atom. The SMILES string of the molecule is C[C@H](NCC1CCC(C(C)(C)C)CC1)c1ccccc1Cl. The minimum Gasteiger partial charge on any atom is -0.310 e. The summed E-state index contributed by atoms with van der Waals surface area (Å²) in [5.74, 6) is 1.73. The van der Waals surface area contributed by atoms with Crippen molar-refractivity contribution >= 4 is 11.6 Å². The summed E-state index contributed by atoms with van der Waals surface area (Å²) in [6.45, 7) is 10.5. The van der Waals surface area contributed by atoms with E-state index in [1.54, 1.807) is 0 Å². The molecule has 0 bridgehead atoms. The van der Waals surface area contributed by atoms with E-state index in [0.717, 1.165) is 23.4 Å². The Morgan fingerprint density at radius 3 is 2.33 bits per heavy atom. The van der Waals surface area contributed by atoms with Crippen molar-refractivity contribution in [3.8, 4) is 0 Å². The molecule has 21 heavy (non-hydrogen) atoms. The van der Waals surface area contributed by atoms with Gasteiger partial charge in [-0.05, 0) is 68.0 Å². The fraction of sp³-hybridized carbons (Fsp3) is 0.684. The predicted octanol–water partition coefficient (Wildman–Crippen LogP) is 5.84. The van der Waals surface area contributed by atoms with Crippen molar-refractivity contribution in [2.45, 2.75) is 59.4 Å². The Labute approximate surface area is 135 Å². The first-order valence-corrected chi connectivity index (χ1v) is 8.73. The third-order valence-electron chi connectivity index (χ3n) is 5.16. The summed E-state index contributed by atoms with van der Waals surface area (Å²) in [7, 11) is 0. The maximum Gasteiger partial charge on any atom is 0.0453 e. The second-order valence-corrected chi connectivity index (χ2v) is 8.14. The largest absolute Gasteiger partial charge is 0.310 e. The summed E-state index contributed by atoms with van der Waals surface area (Å²) in [6.07, 6.45) is 5.50. The highest BCUT2D eigenvalue weighted by molar-refractivity contribution is 6.31. The molecule has 1 atom stereocenters. The van der Waals surface area contributed by atoms with E-state index >= 15 is 0 Å². The van der Waals surface area contributed by atoms with Crippen LogP contribution in [0.3, 0.4) is 0 Å². The van der Waals surface area contributed by atoms with Crippen LogP contribution < -0.4 is 5.32 Å². The van der Waals surface area contributed by atoms with Crippen molar-refractivity contribution in [2.75, 3.05) is 6.54 Å². The van der Waals surface area contributed by atoms with Crippen LogP contribution in [0, 0.1) is 17.3 Å². The molecule has 1 aromatic rings. The number of benzene rings is 1. The topological polar surface area (TPSA) is 12.0 Å². The fourth-order valence-electron chi connectivity index (χ4n) is 3.51. The molecule has 0 heterocycles. The van der Waals surface area contributed by atoms with Gasteiger partial charge in [-0.15, -0.1) is 0 Å². The normalized spacial score (nSPS) is 24.8. The maximum atomic E-state index is 6.27. The molecule has 1 saturated carbocycles. The second kappa shape index (κ2) is 7.15. The molecule has 1 fully saturated rings. The lowest BCUT2D eigenvalue weighted by Crippen LogP contribution is -2.31. The van der Waals surface area contributed by atoms with Crippen LogP contribution in [0.1, 0.15) is 65.0 Å². The molecule has 0 amide bonds. The molecule has 2 rings (SSSR count). The minimum absolute atomic E-state index is 0.332. The van der Waals surface area contributed by atoms with Crippen LogP contribution >= 0.6 is 11.6 Å². The Hall–Kier alpha value is -0.530. The molecule has 0 aromatic heterocycles. The second-order valence-electron chi connectivity index (χ2n) is 7.74. The van der Waals surface area contributed by atoms with Gasteiger partial charge in [-0.3, -0.25) is 0 Å². The Bertz CT molecular complexity index is 441.